The number of hydrogen-bond acceptors (Lipinski definition) is 5. The van der Waals surface area contributed by atoms with E-state index in [4.69, 9.17) is 0 Å². The SMILES string of the molecule is CNC(=O)NC(=O)[C@H](C)N[C@H](C)c1sc(-c2ccccc2)nc1C. The molecule has 0 unspecified atom stereocenters. The fourth-order valence-corrected chi connectivity index (χ4v) is 3.41. The summed E-state index contributed by atoms with van der Waals surface area (Å²) in [6, 6.07) is 8.93. The van der Waals surface area contributed by atoms with E-state index >= 15 is 0 Å². The third kappa shape index (κ3) is 4.39. The van der Waals surface area contributed by atoms with Crippen molar-refractivity contribution in [2.45, 2.75) is 32.9 Å². The molecule has 7 heteroatoms. The maximum atomic E-state index is 11.9. The Morgan fingerprint density at radius 1 is 1.17 bits per heavy atom. The third-order valence-electron chi connectivity index (χ3n) is 3.60. The number of rotatable bonds is 5. The number of aryl methyl sites for hydroxylation is 1. The molecule has 0 saturated carbocycles. The number of urea groups is 1. The summed E-state index contributed by atoms with van der Waals surface area (Å²) in [6.07, 6.45) is 0. The Morgan fingerprint density at radius 2 is 1.83 bits per heavy atom. The van der Waals surface area contributed by atoms with Gasteiger partial charge in [0.25, 0.3) is 0 Å². The fourth-order valence-electron chi connectivity index (χ4n) is 2.32. The zero-order chi connectivity index (χ0) is 17.7. The average Bonchev–Trinajstić information content (AvgIpc) is 2.97. The lowest BCUT2D eigenvalue weighted by atomic mass is 10.2. The van der Waals surface area contributed by atoms with Crippen molar-refractivity contribution in [3.8, 4) is 10.6 Å². The Balaban J connectivity index is 2.07. The summed E-state index contributed by atoms with van der Waals surface area (Å²) in [5.74, 6) is -0.369. The molecule has 3 N–H and O–H groups in total. The molecule has 0 fully saturated rings. The van der Waals surface area contributed by atoms with Crippen molar-refractivity contribution in [3.05, 3.63) is 40.9 Å². The molecule has 0 aliphatic carbocycles. The van der Waals surface area contributed by atoms with E-state index in [1.54, 1.807) is 18.3 Å². The first-order chi connectivity index (χ1) is 11.4. The smallest absolute Gasteiger partial charge is 0.321 e. The van der Waals surface area contributed by atoms with Gasteiger partial charge in [-0.25, -0.2) is 9.78 Å². The average molecular weight is 346 g/mol. The van der Waals surface area contributed by atoms with Crippen LogP contribution in [-0.2, 0) is 4.79 Å². The molecule has 1 aromatic carbocycles. The maximum Gasteiger partial charge on any atom is 0.321 e. The van der Waals surface area contributed by atoms with Crippen LogP contribution in [0.5, 0.6) is 0 Å². The molecule has 2 rings (SSSR count). The van der Waals surface area contributed by atoms with Crippen molar-refractivity contribution in [2.24, 2.45) is 0 Å². The standard InChI is InChI=1S/C17H22N4O2S/c1-10(19-12(3)15(22)21-17(23)18-4)14-11(2)20-16(24-14)13-8-6-5-7-9-13/h5-10,12,19H,1-4H3,(H2,18,21,22,23)/t10-,12+/m1/s1. The van der Waals surface area contributed by atoms with Crippen LogP contribution in [0.2, 0.25) is 0 Å². The number of amides is 3. The number of nitrogens with zero attached hydrogens (tertiary/aromatic N) is 1. The Hall–Kier alpha value is -2.25. The molecule has 0 radical (unpaired) electrons. The largest absolute Gasteiger partial charge is 0.341 e. The molecule has 128 valence electrons. The van der Waals surface area contributed by atoms with Gasteiger partial charge >= 0.3 is 6.03 Å². The highest BCUT2D eigenvalue weighted by molar-refractivity contribution is 7.15. The summed E-state index contributed by atoms with van der Waals surface area (Å²) in [5.41, 5.74) is 2.02. The van der Waals surface area contributed by atoms with Gasteiger partial charge in [-0.05, 0) is 20.8 Å². The third-order valence-corrected chi connectivity index (χ3v) is 4.99. The number of aromatic nitrogens is 1. The summed E-state index contributed by atoms with van der Waals surface area (Å²) in [4.78, 5) is 28.9. The van der Waals surface area contributed by atoms with Crippen LogP contribution < -0.4 is 16.0 Å². The minimum absolute atomic E-state index is 0.0506. The minimum Gasteiger partial charge on any atom is -0.341 e. The summed E-state index contributed by atoms with van der Waals surface area (Å²) < 4.78 is 0. The summed E-state index contributed by atoms with van der Waals surface area (Å²) in [7, 11) is 1.47. The van der Waals surface area contributed by atoms with E-state index in [9.17, 15) is 9.59 Å². The highest BCUT2D eigenvalue weighted by atomic mass is 32.1. The normalized spacial score (nSPS) is 13.2. The van der Waals surface area contributed by atoms with E-state index in [1.165, 1.54) is 7.05 Å². The van der Waals surface area contributed by atoms with Gasteiger partial charge in [0.2, 0.25) is 5.91 Å². The Morgan fingerprint density at radius 3 is 2.46 bits per heavy atom. The molecule has 2 aromatic rings. The number of hydrogen-bond donors (Lipinski definition) is 3. The predicted molar refractivity (Wildman–Crippen MR) is 95.9 cm³/mol. The van der Waals surface area contributed by atoms with Crippen molar-refractivity contribution in [2.75, 3.05) is 7.05 Å². The van der Waals surface area contributed by atoms with Crippen molar-refractivity contribution in [1.29, 1.82) is 0 Å². The topological polar surface area (TPSA) is 83.1 Å². The zero-order valence-corrected chi connectivity index (χ0v) is 15.0. The van der Waals surface area contributed by atoms with E-state index in [0.29, 0.717) is 0 Å². The van der Waals surface area contributed by atoms with Gasteiger partial charge in [0.1, 0.15) is 5.01 Å². The lowest BCUT2D eigenvalue weighted by Crippen LogP contribution is -2.47. The second-order valence-corrected chi connectivity index (χ2v) is 6.54. The summed E-state index contributed by atoms with van der Waals surface area (Å²) in [6.45, 7) is 5.67. The highest BCUT2D eigenvalue weighted by Gasteiger charge is 2.21. The molecular formula is C17H22N4O2S. The molecule has 0 aliphatic rings. The monoisotopic (exact) mass is 346 g/mol. The lowest BCUT2D eigenvalue weighted by molar-refractivity contribution is -0.121. The van der Waals surface area contributed by atoms with Crippen LogP contribution in [-0.4, -0.2) is 30.0 Å². The zero-order valence-electron chi connectivity index (χ0n) is 14.2. The lowest BCUT2D eigenvalue weighted by Gasteiger charge is -2.18. The quantitative estimate of drug-likeness (QED) is 0.777. The molecule has 1 heterocycles. The van der Waals surface area contributed by atoms with Gasteiger partial charge < -0.3 is 5.32 Å². The van der Waals surface area contributed by atoms with Crippen LogP contribution in [0.3, 0.4) is 0 Å². The summed E-state index contributed by atoms with van der Waals surface area (Å²) in [5, 5.41) is 8.79. The van der Waals surface area contributed by atoms with Gasteiger partial charge in [-0.15, -0.1) is 11.3 Å². The molecule has 24 heavy (non-hydrogen) atoms. The summed E-state index contributed by atoms with van der Waals surface area (Å²) >= 11 is 1.61. The predicted octanol–water partition coefficient (Wildman–Crippen LogP) is 2.61. The van der Waals surface area contributed by atoms with Crippen LogP contribution in [0.15, 0.2) is 30.3 Å². The first kappa shape index (κ1) is 18.1. The second-order valence-electron chi connectivity index (χ2n) is 5.51. The molecule has 3 amide bonds. The minimum atomic E-state index is -0.512. The number of thiazole rings is 1. The van der Waals surface area contributed by atoms with Gasteiger partial charge in [0, 0.05) is 23.5 Å². The first-order valence-corrected chi connectivity index (χ1v) is 8.55. The van der Waals surface area contributed by atoms with Crippen molar-refractivity contribution in [3.63, 3.8) is 0 Å². The first-order valence-electron chi connectivity index (χ1n) is 7.73. The molecule has 0 saturated heterocycles. The number of nitrogens with one attached hydrogen (secondary N) is 3. The van der Waals surface area contributed by atoms with E-state index in [1.807, 2.05) is 44.2 Å². The van der Waals surface area contributed by atoms with Gasteiger partial charge in [0.15, 0.2) is 0 Å². The second kappa shape index (κ2) is 8.03. The number of carbonyl (C=O) groups excluding carboxylic acids is 2. The Labute approximate surface area is 145 Å². The van der Waals surface area contributed by atoms with E-state index in [0.717, 1.165) is 21.1 Å². The molecule has 6 nitrogen and oxygen atoms in total. The van der Waals surface area contributed by atoms with Gasteiger partial charge in [-0.2, -0.15) is 0 Å². The molecule has 2 atom stereocenters. The molecular weight excluding hydrogens is 324 g/mol. The fraction of sp³-hybridized carbons (Fsp3) is 0.353. The van der Waals surface area contributed by atoms with Crippen molar-refractivity contribution in [1.82, 2.24) is 20.9 Å². The van der Waals surface area contributed by atoms with Crippen LogP contribution >= 0.6 is 11.3 Å². The Kier molecular flexibility index (Phi) is 6.05. The van der Waals surface area contributed by atoms with Crippen molar-refractivity contribution >= 4 is 23.3 Å². The van der Waals surface area contributed by atoms with Crippen LogP contribution in [0, 0.1) is 6.92 Å². The van der Waals surface area contributed by atoms with Crippen LogP contribution in [0.1, 0.15) is 30.5 Å². The number of imide groups is 1. The van der Waals surface area contributed by atoms with Crippen LogP contribution in [0.25, 0.3) is 10.6 Å². The van der Waals surface area contributed by atoms with Gasteiger partial charge in [0.05, 0.1) is 11.7 Å². The van der Waals surface area contributed by atoms with E-state index in [2.05, 4.69) is 20.9 Å². The van der Waals surface area contributed by atoms with Gasteiger partial charge in [-0.3, -0.25) is 15.4 Å². The molecule has 1 aromatic heterocycles. The molecule has 0 spiro atoms. The number of carbonyl (C=O) groups is 2. The number of benzene rings is 1. The van der Waals surface area contributed by atoms with E-state index in [-0.39, 0.29) is 11.9 Å². The van der Waals surface area contributed by atoms with Gasteiger partial charge in [-0.1, -0.05) is 30.3 Å². The van der Waals surface area contributed by atoms with E-state index < -0.39 is 12.1 Å². The Bertz CT molecular complexity index is 715. The van der Waals surface area contributed by atoms with Crippen LogP contribution in [0.4, 0.5) is 4.79 Å². The molecule has 0 aliphatic heterocycles. The van der Waals surface area contributed by atoms with Crippen molar-refractivity contribution < 1.29 is 9.59 Å². The maximum absolute atomic E-state index is 11.9. The highest BCUT2D eigenvalue weighted by Crippen LogP contribution is 2.31. The molecule has 0 bridgehead atoms.